The quantitative estimate of drug-likeness (QED) is 0.645. The summed E-state index contributed by atoms with van der Waals surface area (Å²) in [6.45, 7) is 6.04. The molecule has 1 spiro atoms. The SMILES string of the molecule is CCc1nn2c(C)cc(N3CC4(CCC4)C3)cc2c1[N+](=O)[O-]. The van der Waals surface area contributed by atoms with Crippen LogP contribution in [0.2, 0.25) is 0 Å². The van der Waals surface area contributed by atoms with E-state index < -0.39 is 0 Å². The van der Waals surface area contributed by atoms with Crippen molar-refractivity contribution in [2.24, 2.45) is 5.41 Å². The van der Waals surface area contributed by atoms with Gasteiger partial charge in [0, 0.05) is 29.9 Å². The highest BCUT2D eigenvalue weighted by atomic mass is 16.6. The molecular weight excluding hydrogens is 280 g/mol. The van der Waals surface area contributed by atoms with Gasteiger partial charge in [0.2, 0.25) is 0 Å². The molecule has 2 aromatic rings. The first-order valence-electron chi connectivity index (χ1n) is 7.95. The predicted molar refractivity (Wildman–Crippen MR) is 84.5 cm³/mol. The number of fused-ring (bicyclic) bond motifs is 1. The van der Waals surface area contributed by atoms with Crippen molar-refractivity contribution >= 4 is 16.9 Å². The monoisotopic (exact) mass is 300 g/mol. The maximum Gasteiger partial charge on any atom is 0.317 e. The second-order valence-corrected chi connectivity index (χ2v) is 6.77. The Morgan fingerprint density at radius 2 is 2.09 bits per heavy atom. The molecule has 0 bridgehead atoms. The smallest absolute Gasteiger partial charge is 0.317 e. The zero-order chi connectivity index (χ0) is 15.5. The van der Waals surface area contributed by atoms with Crippen LogP contribution in [-0.4, -0.2) is 27.6 Å². The molecule has 0 atom stereocenters. The van der Waals surface area contributed by atoms with E-state index in [4.69, 9.17) is 0 Å². The molecule has 116 valence electrons. The maximum absolute atomic E-state index is 11.4. The summed E-state index contributed by atoms with van der Waals surface area (Å²) in [7, 11) is 0. The molecule has 0 N–H and O–H groups in total. The summed E-state index contributed by atoms with van der Waals surface area (Å²) in [5.41, 5.74) is 3.92. The second kappa shape index (κ2) is 4.44. The van der Waals surface area contributed by atoms with Gasteiger partial charge in [0.05, 0.1) is 4.92 Å². The Labute approximate surface area is 128 Å². The molecule has 0 unspecified atom stereocenters. The van der Waals surface area contributed by atoms with E-state index in [0.717, 1.165) is 24.5 Å². The van der Waals surface area contributed by atoms with Gasteiger partial charge in [-0.3, -0.25) is 10.1 Å². The number of hydrogen-bond acceptors (Lipinski definition) is 4. The molecule has 3 heterocycles. The Kier molecular flexibility index (Phi) is 2.74. The summed E-state index contributed by atoms with van der Waals surface area (Å²) in [4.78, 5) is 13.5. The zero-order valence-corrected chi connectivity index (χ0v) is 13.0. The van der Waals surface area contributed by atoms with Gasteiger partial charge in [-0.1, -0.05) is 13.3 Å². The van der Waals surface area contributed by atoms with Crippen LogP contribution in [-0.2, 0) is 6.42 Å². The molecule has 4 rings (SSSR count). The Morgan fingerprint density at radius 1 is 1.36 bits per heavy atom. The molecule has 2 fully saturated rings. The average Bonchev–Trinajstić information content (AvgIpc) is 2.74. The fraction of sp³-hybridized carbons (Fsp3) is 0.562. The molecule has 6 heteroatoms. The van der Waals surface area contributed by atoms with E-state index in [-0.39, 0.29) is 10.6 Å². The van der Waals surface area contributed by atoms with E-state index in [1.807, 2.05) is 19.9 Å². The topological polar surface area (TPSA) is 63.7 Å². The number of nitro groups is 1. The van der Waals surface area contributed by atoms with Gasteiger partial charge in [-0.2, -0.15) is 5.10 Å². The van der Waals surface area contributed by atoms with Gasteiger partial charge < -0.3 is 4.90 Å². The van der Waals surface area contributed by atoms with Crippen LogP contribution in [0.3, 0.4) is 0 Å². The highest BCUT2D eigenvalue weighted by Gasteiger charge is 2.47. The van der Waals surface area contributed by atoms with E-state index in [1.54, 1.807) is 4.52 Å². The Balaban J connectivity index is 1.78. The molecule has 6 nitrogen and oxygen atoms in total. The summed E-state index contributed by atoms with van der Waals surface area (Å²) in [5, 5.41) is 15.8. The summed E-state index contributed by atoms with van der Waals surface area (Å²) in [6.07, 6.45) is 4.58. The largest absolute Gasteiger partial charge is 0.370 e. The summed E-state index contributed by atoms with van der Waals surface area (Å²) in [6, 6.07) is 4.03. The lowest BCUT2D eigenvalue weighted by molar-refractivity contribution is -0.383. The van der Waals surface area contributed by atoms with Crippen LogP contribution < -0.4 is 4.90 Å². The van der Waals surface area contributed by atoms with Crippen molar-refractivity contribution in [3.05, 3.63) is 33.6 Å². The number of rotatable bonds is 3. The first kappa shape index (κ1) is 13.5. The predicted octanol–water partition coefficient (Wildman–Crippen LogP) is 3.10. The van der Waals surface area contributed by atoms with Crippen molar-refractivity contribution in [1.82, 2.24) is 9.61 Å². The summed E-state index contributed by atoms with van der Waals surface area (Å²) < 4.78 is 1.71. The van der Waals surface area contributed by atoms with Crippen LogP contribution in [0.4, 0.5) is 11.4 Å². The molecule has 0 aromatic carbocycles. The minimum atomic E-state index is -0.298. The van der Waals surface area contributed by atoms with Gasteiger partial charge in [-0.25, -0.2) is 4.52 Å². The first-order chi connectivity index (χ1) is 10.5. The highest BCUT2D eigenvalue weighted by Crippen LogP contribution is 2.49. The molecule has 0 amide bonds. The minimum absolute atomic E-state index is 0.159. The Hall–Kier alpha value is -2.11. The third-order valence-electron chi connectivity index (χ3n) is 5.29. The molecule has 1 aliphatic carbocycles. The van der Waals surface area contributed by atoms with Crippen molar-refractivity contribution in [2.75, 3.05) is 18.0 Å². The van der Waals surface area contributed by atoms with Gasteiger partial charge in [-0.15, -0.1) is 0 Å². The molecule has 0 radical (unpaired) electrons. The Bertz CT molecular complexity index is 768. The standard InChI is InChI=1S/C16H20N4O2/c1-3-13-15(20(21)22)14-8-12(7-11(2)19(14)17-13)18-9-16(10-18)5-4-6-16/h7-8H,3-6,9-10H2,1-2H3. The number of hydrogen-bond donors (Lipinski definition) is 0. The molecule has 22 heavy (non-hydrogen) atoms. The van der Waals surface area contributed by atoms with Crippen LogP contribution in [0.15, 0.2) is 12.1 Å². The zero-order valence-electron chi connectivity index (χ0n) is 13.0. The molecule has 1 aliphatic heterocycles. The summed E-state index contributed by atoms with van der Waals surface area (Å²) in [5.74, 6) is 0. The van der Waals surface area contributed by atoms with Gasteiger partial charge in [0.15, 0.2) is 0 Å². The second-order valence-electron chi connectivity index (χ2n) is 6.77. The lowest BCUT2D eigenvalue weighted by Crippen LogP contribution is -2.59. The highest BCUT2D eigenvalue weighted by molar-refractivity contribution is 5.73. The average molecular weight is 300 g/mol. The van der Waals surface area contributed by atoms with Gasteiger partial charge in [0.25, 0.3) is 0 Å². The number of anilines is 1. The van der Waals surface area contributed by atoms with E-state index >= 15 is 0 Å². The van der Waals surface area contributed by atoms with Gasteiger partial charge in [0.1, 0.15) is 11.2 Å². The van der Waals surface area contributed by atoms with E-state index in [2.05, 4.69) is 16.1 Å². The molecular formula is C16H20N4O2. The number of nitrogens with zero attached hydrogens (tertiary/aromatic N) is 4. The number of aryl methyl sites for hydroxylation is 2. The van der Waals surface area contributed by atoms with E-state index in [1.165, 1.54) is 19.3 Å². The molecule has 2 aromatic heterocycles. The van der Waals surface area contributed by atoms with Crippen molar-refractivity contribution in [2.45, 2.75) is 39.5 Å². The minimum Gasteiger partial charge on any atom is -0.370 e. The Morgan fingerprint density at radius 3 is 2.64 bits per heavy atom. The van der Waals surface area contributed by atoms with Gasteiger partial charge >= 0.3 is 5.69 Å². The van der Waals surface area contributed by atoms with Crippen molar-refractivity contribution < 1.29 is 4.92 Å². The van der Waals surface area contributed by atoms with Gasteiger partial charge in [-0.05, 0) is 38.3 Å². The fourth-order valence-corrected chi connectivity index (χ4v) is 3.88. The normalized spacial score (nSPS) is 19.3. The number of pyridine rings is 1. The third kappa shape index (κ3) is 1.76. The fourth-order valence-electron chi connectivity index (χ4n) is 3.88. The first-order valence-corrected chi connectivity index (χ1v) is 7.95. The molecule has 1 saturated carbocycles. The van der Waals surface area contributed by atoms with Crippen LogP contribution in [0.5, 0.6) is 0 Å². The third-order valence-corrected chi connectivity index (χ3v) is 5.29. The van der Waals surface area contributed by atoms with Crippen LogP contribution in [0.1, 0.15) is 37.6 Å². The lowest BCUT2D eigenvalue weighted by Gasteiger charge is -2.57. The van der Waals surface area contributed by atoms with Crippen LogP contribution in [0.25, 0.3) is 5.52 Å². The van der Waals surface area contributed by atoms with Crippen molar-refractivity contribution in [1.29, 1.82) is 0 Å². The molecule has 2 aliphatic rings. The van der Waals surface area contributed by atoms with Crippen LogP contribution in [0, 0.1) is 22.5 Å². The lowest BCUT2D eigenvalue weighted by atomic mass is 9.63. The van der Waals surface area contributed by atoms with E-state index in [9.17, 15) is 10.1 Å². The van der Waals surface area contributed by atoms with Crippen molar-refractivity contribution in [3.63, 3.8) is 0 Å². The van der Waals surface area contributed by atoms with E-state index in [0.29, 0.717) is 23.0 Å². The number of aromatic nitrogens is 2. The summed E-state index contributed by atoms with van der Waals surface area (Å²) >= 11 is 0. The van der Waals surface area contributed by atoms with Crippen LogP contribution >= 0.6 is 0 Å². The molecule has 1 saturated heterocycles. The maximum atomic E-state index is 11.4. The van der Waals surface area contributed by atoms with Crippen molar-refractivity contribution in [3.8, 4) is 0 Å².